The highest BCUT2D eigenvalue weighted by atomic mass is 32.2. The van der Waals surface area contributed by atoms with E-state index >= 15 is 0 Å². The van der Waals surface area contributed by atoms with Gasteiger partial charge in [-0.1, -0.05) is 36.4 Å². The molecule has 126 valence electrons. The second-order valence-corrected chi connectivity index (χ2v) is 7.74. The Labute approximate surface area is 139 Å². The van der Waals surface area contributed by atoms with Crippen LogP contribution in [0.4, 0.5) is 4.39 Å². The smallest absolute Gasteiger partial charge is 0.236 e. The van der Waals surface area contributed by atoms with Gasteiger partial charge < -0.3 is 5.73 Å². The van der Waals surface area contributed by atoms with Crippen LogP contribution in [0.5, 0.6) is 0 Å². The number of carbonyl (C=O) groups excluding carboxylic acids is 1. The highest BCUT2D eigenvalue weighted by Crippen LogP contribution is 2.27. The monoisotopic (exact) mass is 348 g/mol. The van der Waals surface area contributed by atoms with Gasteiger partial charge in [0.1, 0.15) is 11.9 Å². The summed E-state index contributed by atoms with van der Waals surface area (Å²) in [5, 5.41) is 0. The molecule has 0 radical (unpaired) electrons. The van der Waals surface area contributed by atoms with Gasteiger partial charge in [-0.3, -0.25) is 4.79 Å². The lowest BCUT2D eigenvalue weighted by Gasteiger charge is -2.34. The van der Waals surface area contributed by atoms with Gasteiger partial charge in [-0.05, 0) is 35.2 Å². The number of amides is 1. The minimum absolute atomic E-state index is 0.104. The van der Waals surface area contributed by atoms with Crippen molar-refractivity contribution in [1.29, 1.82) is 0 Å². The molecule has 0 saturated heterocycles. The molecular formula is C17H17FN2O3S. The molecule has 0 spiro atoms. The molecule has 0 bridgehead atoms. The first-order chi connectivity index (χ1) is 11.4. The van der Waals surface area contributed by atoms with Gasteiger partial charge in [-0.15, -0.1) is 0 Å². The standard InChI is InChI=1S/C17H17FN2O3S/c18-15-7-5-12(6-8-15)11-24(22,23)20-10-14-4-2-1-3-13(14)9-16(20)17(19)21/h1-8,16H,9-11H2,(H2,19,21). The first kappa shape index (κ1) is 16.6. The molecule has 2 aromatic rings. The van der Waals surface area contributed by atoms with Crippen LogP contribution in [-0.2, 0) is 33.5 Å². The van der Waals surface area contributed by atoms with Crippen molar-refractivity contribution >= 4 is 15.9 Å². The Morgan fingerprint density at radius 2 is 1.75 bits per heavy atom. The number of carbonyl (C=O) groups is 1. The van der Waals surface area contributed by atoms with E-state index in [2.05, 4.69) is 0 Å². The maximum Gasteiger partial charge on any atom is 0.236 e. The maximum atomic E-state index is 13.0. The van der Waals surface area contributed by atoms with Crippen molar-refractivity contribution in [1.82, 2.24) is 4.31 Å². The van der Waals surface area contributed by atoms with Crippen LogP contribution in [0.15, 0.2) is 48.5 Å². The van der Waals surface area contributed by atoms with Gasteiger partial charge in [0.05, 0.1) is 5.75 Å². The number of benzene rings is 2. The third-order valence-corrected chi connectivity index (χ3v) is 5.95. The summed E-state index contributed by atoms with van der Waals surface area (Å²) in [5.41, 5.74) is 7.67. The number of fused-ring (bicyclic) bond motifs is 1. The van der Waals surface area contributed by atoms with E-state index in [0.29, 0.717) is 5.56 Å². The molecule has 24 heavy (non-hydrogen) atoms. The lowest BCUT2D eigenvalue weighted by Crippen LogP contribution is -2.51. The van der Waals surface area contributed by atoms with E-state index in [1.54, 1.807) is 0 Å². The molecule has 7 heteroatoms. The second-order valence-electron chi connectivity index (χ2n) is 5.82. The topological polar surface area (TPSA) is 80.5 Å². The van der Waals surface area contributed by atoms with Crippen LogP contribution in [0.3, 0.4) is 0 Å². The number of nitrogens with two attached hydrogens (primary N) is 1. The summed E-state index contributed by atoms with van der Waals surface area (Å²) in [4.78, 5) is 11.8. The SMILES string of the molecule is NC(=O)C1Cc2ccccc2CN1S(=O)(=O)Cc1ccc(F)cc1. The lowest BCUT2D eigenvalue weighted by atomic mass is 9.96. The van der Waals surface area contributed by atoms with E-state index < -0.39 is 27.8 Å². The summed E-state index contributed by atoms with van der Waals surface area (Å²) < 4.78 is 39.7. The van der Waals surface area contributed by atoms with E-state index in [9.17, 15) is 17.6 Å². The van der Waals surface area contributed by atoms with E-state index in [1.807, 2.05) is 24.3 Å². The molecule has 1 aliphatic rings. The van der Waals surface area contributed by atoms with Gasteiger partial charge in [0.25, 0.3) is 0 Å². The average Bonchev–Trinajstić information content (AvgIpc) is 2.55. The molecule has 1 amide bonds. The maximum absolute atomic E-state index is 13.0. The highest BCUT2D eigenvalue weighted by Gasteiger charge is 2.37. The summed E-state index contributed by atoms with van der Waals surface area (Å²) in [6.07, 6.45) is 0.258. The van der Waals surface area contributed by atoms with E-state index in [1.165, 1.54) is 24.3 Å². The third kappa shape index (κ3) is 3.32. The predicted octanol–water partition coefficient (Wildman–Crippen LogP) is 1.57. The molecule has 0 fully saturated rings. The van der Waals surface area contributed by atoms with Crippen molar-refractivity contribution in [3.63, 3.8) is 0 Å². The Hall–Kier alpha value is -2.25. The molecule has 0 aliphatic carbocycles. The fraction of sp³-hybridized carbons (Fsp3) is 0.235. The summed E-state index contributed by atoms with van der Waals surface area (Å²) in [7, 11) is -3.78. The lowest BCUT2D eigenvalue weighted by molar-refractivity contribution is -0.122. The van der Waals surface area contributed by atoms with Crippen LogP contribution < -0.4 is 5.73 Å². The number of hydrogen-bond donors (Lipinski definition) is 1. The third-order valence-electron chi connectivity index (χ3n) is 4.15. The average molecular weight is 348 g/mol. The summed E-state index contributed by atoms with van der Waals surface area (Å²) in [5.74, 6) is -1.41. The second kappa shape index (κ2) is 6.33. The highest BCUT2D eigenvalue weighted by molar-refractivity contribution is 7.88. The van der Waals surface area contributed by atoms with Gasteiger partial charge in [-0.2, -0.15) is 4.31 Å². The Balaban J connectivity index is 1.92. The van der Waals surface area contributed by atoms with E-state index in [-0.39, 0.29) is 18.7 Å². The number of primary amides is 1. The molecule has 0 aromatic heterocycles. The molecular weight excluding hydrogens is 331 g/mol. The fourth-order valence-electron chi connectivity index (χ4n) is 2.91. The van der Waals surface area contributed by atoms with Gasteiger partial charge in [0.2, 0.25) is 15.9 Å². The van der Waals surface area contributed by atoms with Crippen molar-refractivity contribution < 1.29 is 17.6 Å². The predicted molar refractivity (Wildman–Crippen MR) is 87.7 cm³/mol. The van der Waals surface area contributed by atoms with Gasteiger partial charge in [0, 0.05) is 6.54 Å². The molecule has 0 saturated carbocycles. The summed E-state index contributed by atoms with van der Waals surface area (Å²) in [6.45, 7) is 0.104. The van der Waals surface area contributed by atoms with Crippen molar-refractivity contribution in [2.75, 3.05) is 0 Å². The molecule has 1 atom stereocenters. The zero-order valence-electron chi connectivity index (χ0n) is 12.9. The molecule has 1 aliphatic heterocycles. The largest absolute Gasteiger partial charge is 0.368 e. The van der Waals surface area contributed by atoms with E-state index in [0.717, 1.165) is 15.4 Å². The first-order valence-corrected chi connectivity index (χ1v) is 9.08. The number of halogens is 1. The Bertz CT molecular complexity index is 866. The molecule has 1 unspecified atom stereocenters. The van der Waals surface area contributed by atoms with Crippen LogP contribution in [-0.4, -0.2) is 24.7 Å². The molecule has 2 N–H and O–H groups in total. The van der Waals surface area contributed by atoms with Crippen LogP contribution in [0.2, 0.25) is 0 Å². The van der Waals surface area contributed by atoms with Crippen LogP contribution >= 0.6 is 0 Å². The van der Waals surface area contributed by atoms with Crippen LogP contribution in [0.1, 0.15) is 16.7 Å². The molecule has 5 nitrogen and oxygen atoms in total. The zero-order valence-corrected chi connectivity index (χ0v) is 13.7. The summed E-state index contributed by atoms with van der Waals surface area (Å²) >= 11 is 0. The Kier molecular flexibility index (Phi) is 4.38. The van der Waals surface area contributed by atoms with Gasteiger partial charge in [0.15, 0.2) is 0 Å². The minimum Gasteiger partial charge on any atom is -0.368 e. The van der Waals surface area contributed by atoms with Crippen molar-refractivity contribution in [3.8, 4) is 0 Å². The first-order valence-electron chi connectivity index (χ1n) is 7.47. The van der Waals surface area contributed by atoms with Crippen LogP contribution in [0.25, 0.3) is 0 Å². The molecule has 1 heterocycles. The fourth-order valence-corrected chi connectivity index (χ4v) is 4.59. The molecule has 3 rings (SSSR count). The molecule has 2 aromatic carbocycles. The van der Waals surface area contributed by atoms with Crippen LogP contribution in [0, 0.1) is 5.82 Å². The Morgan fingerprint density at radius 3 is 2.38 bits per heavy atom. The van der Waals surface area contributed by atoms with E-state index in [4.69, 9.17) is 5.73 Å². The normalized spacial score (nSPS) is 18.1. The minimum atomic E-state index is -3.78. The summed E-state index contributed by atoms with van der Waals surface area (Å²) in [6, 6.07) is 11.7. The van der Waals surface area contributed by atoms with Gasteiger partial charge >= 0.3 is 0 Å². The van der Waals surface area contributed by atoms with Crippen molar-refractivity contribution in [2.45, 2.75) is 24.8 Å². The quantitative estimate of drug-likeness (QED) is 0.911. The van der Waals surface area contributed by atoms with Gasteiger partial charge in [-0.25, -0.2) is 12.8 Å². The number of rotatable bonds is 4. The number of nitrogens with zero attached hydrogens (tertiary/aromatic N) is 1. The number of hydrogen-bond acceptors (Lipinski definition) is 3. The zero-order chi connectivity index (χ0) is 17.3. The van der Waals surface area contributed by atoms with Crippen molar-refractivity contribution in [2.24, 2.45) is 5.73 Å². The number of sulfonamides is 1. The Morgan fingerprint density at radius 1 is 1.12 bits per heavy atom. The van der Waals surface area contributed by atoms with Crippen molar-refractivity contribution in [3.05, 3.63) is 71.0 Å².